The van der Waals surface area contributed by atoms with Crippen molar-refractivity contribution in [2.75, 3.05) is 18.7 Å². The van der Waals surface area contributed by atoms with E-state index < -0.39 is 30.2 Å². The van der Waals surface area contributed by atoms with Gasteiger partial charge in [-0.1, -0.05) is 12.1 Å². The van der Waals surface area contributed by atoms with Gasteiger partial charge in [-0.15, -0.1) is 0 Å². The highest BCUT2D eigenvalue weighted by Crippen LogP contribution is 2.44. The molecule has 5 nitrogen and oxygen atoms in total. The van der Waals surface area contributed by atoms with Gasteiger partial charge in [0.25, 0.3) is 0 Å². The molecule has 0 aromatic heterocycles. The van der Waals surface area contributed by atoms with E-state index in [-0.39, 0.29) is 18.0 Å². The summed E-state index contributed by atoms with van der Waals surface area (Å²) in [5, 5.41) is 0. The lowest BCUT2D eigenvalue weighted by molar-refractivity contribution is -0.142. The monoisotopic (exact) mass is 339 g/mol. The summed E-state index contributed by atoms with van der Waals surface area (Å²) in [5.74, 6) is -4.88. The fraction of sp³-hybridized carbons (Fsp3) is 0.562. The van der Waals surface area contributed by atoms with Crippen molar-refractivity contribution in [1.82, 2.24) is 0 Å². The van der Waals surface area contributed by atoms with E-state index in [1.54, 1.807) is 6.07 Å². The maximum atomic E-state index is 14.3. The number of hydrogen-bond donors (Lipinski definition) is 0. The molecule has 3 rings (SSSR count). The molecule has 130 valence electrons. The molecule has 24 heavy (non-hydrogen) atoms. The number of hydrogen-bond acceptors (Lipinski definition) is 4. The Morgan fingerprint density at radius 1 is 1.17 bits per heavy atom. The van der Waals surface area contributed by atoms with Crippen LogP contribution in [0.4, 0.5) is 14.5 Å². The highest BCUT2D eigenvalue weighted by atomic mass is 19.3. The van der Waals surface area contributed by atoms with Gasteiger partial charge in [0.05, 0.1) is 22.5 Å². The first-order valence-electron chi connectivity index (χ1n) is 7.70. The average Bonchev–Trinajstić information content (AvgIpc) is 2.81. The van der Waals surface area contributed by atoms with Crippen LogP contribution in [0.5, 0.6) is 0 Å². The predicted molar refractivity (Wildman–Crippen MR) is 85.4 cm³/mol. The summed E-state index contributed by atoms with van der Waals surface area (Å²) in [6.45, 7) is 7.33. The molecule has 2 aliphatic heterocycles. The van der Waals surface area contributed by atoms with E-state index in [0.29, 0.717) is 5.46 Å². The predicted octanol–water partition coefficient (Wildman–Crippen LogP) is 2.03. The van der Waals surface area contributed by atoms with Crippen LogP contribution in [-0.2, 0) is 24.8 Å². The van der Waals surface area contributed by atoms with Gasteiger partial charge in [0.1, 0.15) is 6.73 Å². The second-order valence-corrected chi connectivity index (χ2v) is 7.09. The number of fused-ring (bicyclic) bond motifs is 1. The summed E-state index contributed by atoms with van der Waals surface area (Å²) >= 11 is 0. The maximum Gasteiger partial charge on any atom is 0.494 e. The number of benzene rings is 1. The van der Waals surface area contributed by atoms with Crippen LogP contribution < -0.4 is 10.4 Å². The quantitative estimate of drug-likeness (QED) is 0.791. The number of methoxy groups -OCH3 is 1. The van der Waals surface area contributed by atoms with Gasteiger partial charge >= 0.3 is 18.9 Å². The third kappa shape index (κ3) is 2.36. The van der Waals surface area contributed by atoms with Gasteiger partial charge < -0.3 is 14.0 Å². The number of amides is 1. The first-order valence-corrected chi connectivity index (χ1v) is 7.70. The van der Waals surface area contributed by atoms with E-state index in [1.165, 1.54) is 19.2 Å². The maximum absolute atomic E-state index is 14.3. The van der Waals surface area contributed by atoms with Crippen molar-refractivity contribution in [3.05, 3.63) is 23.8 Å². The van der Waals surface area contributed by atoms with E-state index in [9.17, 15) is 13.6 Å². The number of carbonyl (C=O) groups is 1. The van der Waals surface area contributed by atoms with E-state index in [2.05, 4.69) is 0 Å². The van der Waals surface area contributed by atoms with Crippen molar-refractivity contribution in [2.24, 2.45) is 0 Å². The molecule has 0 spiro atoms. The summed E-state index contributed by atoms with van der Waals surface area (Å²) in [6, 6.07) is 4.40. The van der Waals surface area contributed by atoms with Crippen LogP contribution in [0, 0.1) is 0 Å². The molecule has 8 heteroatoms. The molecular weight excluding hydrogens is 319 g/mol. The van der Waals surface area contributed by atoms with Crippen LogP contribution in [0.15, 0.2) is 18.2 Å². The Morgan fingerprint density at radius 3 is 2.29 bits per heavy atom. The van der Waals surface area contributed by atoms with E-state index in [0.717, 1.165) is 4.90 Å². The van der Waals surface area contributed by atoms with Crippen molar-refractivity contribution in [1.29, 1.82) is 0 Å². The molecule has 1 aromatic rings. The molecule has 0 atom stereocenters. The van der Waals surface area contributed by atoms with Crippen LogP contribution in [0.1, 0.15) is 33.3 Å². The van der Waals surface area contributed by atoms with Crippen LogP contribution in [-0.4, -0.2) is 38.1 Å². The number of rotatable bonds is 3. The minimum atomic E-state index is -3.59. The van der Waals surface area contributed by atoms with Crippen molar-refractivity contribution in [3.63, 3.8) is 0 Å². The second kappa shape index (κ2) is 5.24. The lowest BCUT2D eigenvalue weighted by atomic mass is 9.78. The van der Waals surface area contributed by atoms with Gasteiger partial charge in [0, 0.05) is 7.11 Å². The third-order valence-electron chi connectivity index (χ3n) is 4.95. The second-order valence-electron chi connectivity index (χ2n) is 7.09. The SMILES string of the molecule is COCN1C(=O)C(F)(F)c2cc(B3OC(C)(C)C(C)(C)O3)ccc21. The first kappa shape index (κ1) is 17.3. The first-order chi connectivity index (χ1) is 11.0. The zero-order valence-electron chi connectivity index (χ0n) is 14.4. The minimum Gasteiger partial charge on any atom is -0.399 e. The molecule has 0 bridgehead atoms. The normalized spacial score (nSPS) is 23.7. The zero-order valence-corrected chi connectivity index (χ0v) is 14.4. The summed E-state index contributed by atoms with van der Waals surface area (Å²) in [5.41, 5.74) is -0.892. The molecule has 1 aromatic carbocycles. The van der Waals surface area contributed by atoms with Gasteiger partial charge in [0.15, 0.2) is 0 Å². The van der Waals surface area contributed by atoms with Gasteiger partial charge in [-0.3, -0.25) is 9.69 Å². The summed E-state index contributed by atoms with van der Waals surface area (Å²) in [6.07, 6.45) is 0. The number of nitrogens with zero attached hydrogens (tertiary/aromatic N) is 1. The van der Waals surface area contributed by atoms with Crippen LogP contribution >= 0.6 is 0 Å². The van der Waals surface area contributed by atoms with Crippen LogP contribution in [0.3, 0.4) is 0 Å². The van der Waals surface area contributed by atoms with Gasteiger partial charge in [-0.25, -0.2) is 0 Å². The molecular formula is C16H20BF2NO4. The molecule has 0 N–H and O–H groups in total. The van der Waals surface area contributed by atoms with E-state index >= 15 is 0 Å². The zero-order chi connectivity index (χ0) is 17.9. The molecule has 1 saturated heterocycles. The number of halogens is 2. The molecule has 0 unspecified atom stereocenters. The highest BCUT2D eigenvalue weighted by molar-refractivity contribution is 6.62. The number of ether oxygens (including phenoxy) is 1. The van der Waals surface area contributed by atoms with Crippen LogP contribution in [0.25, 0.3) is 0 Å². The Hall–Kier alpha value is -1.51. The summed E-state index contributed by atoms with van der Waals surface area (Å²) < 4.78 is 45.3. The molecule has 0 aliphatic carbocycles. The number of carbonyl (C=O) groups excluding carboxylic acids is 1. The molecule has 1 fully saturated rings. The Morgan fingerprint density at radius 2 is 1.75 bits per heavy atom. The molecule has 0 saturated carbocycles. The summed E-state index contributed by atoms with van der Waals surface area (Å²) in [7, 11) is 0.588. The molecule has 2 heterocycles. The van der Waals surface area contributed by atoms with E-state index in [4.69, 9.17) is 14.0 Å². The minimum absolute atomic E-state index is 0.145. The Labute approximate surface area is 140 Å². The van der Waals surface area contributed by atoms with Crippen molar-refractivity contribution < 1.29 is 27.6 Å². The highest BCUT2D eigenvalue weighted by Gasteiger charge is 2.55. The lowest BCUT2D eigenvalue weighted by Gasteiger charge is -2.32. The summed E-state index contributed by atoms with van der Waals surface area (Å²) in [4.78, 5) is 12.9. The standard InChI is InChI=1S/C16H20BF2NO4/c1-14(2)15(3,4)24-17(23-14)10-6-7-12-11(8-10)16(18,19)13(21)20(12)9-22-5/h6-8H,9H2,1-5H3. The largest absolute Gasteiger partial charge is 0.494 e. The molecule has 1 amide bonds. The fourth-order valence-corrected chi connectivity index (χ4v) is 2.82. The molecule has 2 aliphatic rings. The Kier molecular flexibility index (Phi) is 3.78. The van der Waals surface area contributed by atoms with Gasteiger partial charge in [-0.2, -0.15) is 8.78 Å². The van der Waals surface area contributed by atoms with Crippen LogP contribution in [0.2, 0.25) is 0 Å². The van der Waals surface area contributed by atoms with Gasteiger partial charge in [0.2, 0.25) is 0 Å². The lowest BCUT2D eigenvalue weighted by Crippen LogP contribution is -2.41. The van der Waals surface area contributed by atoms with E-state index in [1.807, 2.05) is 27.7 Å². The molecule has 0 radical (unpaired) electrons. The van der Waals surface area contributed by atoms with Gasteiger partial charge in [-0.05, 0) is 39.2 Å². The average molecular weight is 339 g/mol. The van der Waals surface area contributed by atoms with Crippen molar-refractivity contribution in [2.45, 2.75) is 44.8 Å². The third-order valence-corrected chi connectivity index (χ3v) is 4.95. The Bertz CT molecular complexity index is 677. The van der Waals surface area contributed by atoms with Crippen molar-refractivity contribution in [3.8, 4) is 0 Å². The smallest absolute Gasteiger partial charge is 0.399 e. The fourth-order valence-electron chi connectivity index (χ4n) is 2.82. The number of anilines is 1. The Balaban J connectivity index is 1.99. The number of alkyl halides is 2. The topological polar surface area (TPSA) is 48.0 Å². The van der Waals surface area contributed by atoms with Crippen molar-refractivity contribution >= 4 is 24.2 Å².